The molecule has 0 bridgehead atoms. The summed E-state index contributed by atoms with van der Waals surface area (Å²) in [5, 5.41) is 2.80. The number of hydrogen-bond donors (Lipinski definition) is 0. The lowest BCUT2D eigenvalue weighted by Gasteiger charge is -2.25. The van der Waals surface area contributed by atoms with Gasteiger partial charge in [-0.2, -0.15) is 0 Å². The molecule has 2 aromatic rings. The molecule has 0 heterocycles. The SMILES string of the molecule is COc1ccccc1/C(=C/C=C(/c1ccccc1OC)[Si](C)(C)C)[Si](C)(C)C. The van der Waals surface area contributed by atoms with E-state index in [1.165, 1.54) is 21.5 Å². The van der Waals surface area contributed by atoms with Crippen LogP contribution < -0.4 is 9.47 Å². The highest BCUT2D eigenvalue weighted by Gasteiger charge is 2.26. The first-order valence-corrected chi connectivity index (χ1v) is 16.8. The summed E-state index contributed by atoms with van der Waals surface area (Å²) in [5.74, 6) is 1.88. The number of benzene rings is 2. The van der Waals surface area contributed by atoms with Crippen LogP contribution in [-0.4, -0.2) is 30.4 Å². The third-order valence-corrected chi connectivity index (χ3v) is 8.93. The average molecular weight is 411 g/mol. The zero-order chi connectivity index (χ0) is 20.9. The number of ether oxygens (including phenoxy) is 2. The summed E-state index contributed by atoms with van der Waals surface area (Å²) in [4.78, 5) is 0. The van der Waals surface area contributed by atoms with E-state index in [1.807, 2.05) is 24.3 Å². The molecule has 0 aromatic heterocycles. The molecule has 2 rings (SSSR count). The Kier molecular flexibility index (Phi) is 7.13. The molecule has 0 saturated carbocycles. The van der Waals surface area contributed by atoms with Crippen LogP contribution in [0.5, 0.6) is 11.5 Å². The van der Waals surface area contributed by atoms with Crippen molar-refractivity contribution in [2.24, 2.45) is 0 Å². The molecule has 0 N–H and O–H groups in total. The van der Waals surface area contributed by atoms with Crippen molar-refractivity contribution in [2.45, 2.75) is 39.3 Å². The van der Waals surface area contributed by atoms with Gasteiger partial charge in [-0.15, -0.1) is 0 Å². The van der Waals surface area contributed by atoms with Crippen LogP contribution in [0.2, 0.25) is 39.3 Å². The topological polar surface area (TPSA) is 18.5 Å². The number of hydrogen-bond acceptors (Lipinski definition) is 2. The Morgan fingerprint density at radius 3 is 1.21 bits per heavy atom. The van der Waals surface area contributed by atoms with Gasteiger partial charge < -0.3 is 9.47 Å². The zero-order valence-corrected chi connectivity index (χ0v) is 20.6. The van der Waals surface area contributed by atoms with Crippen LogP contribution in [0.15, 0.2) is 60.7 Å². The Balaban J connectivity index is 2.71. The highest BCUT2D eigenvalue weighted by Crippen LogP contribution is 2.36. The predicted molar refractivity (Wildman–Crippen MR) is 129 cm³/mol. The molecule has 0 amide bonds. The van der Waals surface area contributed by atoms with Crippen molar-refractivity contribution in [1.82, 2.24) is 0 Å². The molecule has 0 aliphatic heterocycles. The summed E-state index contributed by atoms with van der Waals surface area (Å²) in [6, 6.07) is 16.7. The molecule has 28 heavy (non-hydrogen) atoms. The zero-order valence-electron chi connectivity index (χ0n) is 18.6. The summed E-state index contributed by atoms with van der Waals surface area (Å²) < 4.78 is 11.3. The normalized spacial score (nSPS) is 13.4. The first-order valence-electron chi connectivity index (χ1n) is 9.79. The molecular formula is C24H34O2Si2. The maximum absolute atomic E-state index is 5.67. The average Bonchev–Trinajstić information content (AvgIpc) is 2.63. The molecule has 2 aromatic carbocycles. The van der Waals surface area contributed by atoms with Crippen molar-refractivity contribution >= 4 is 26.5 Å². The molecule has 0 atom stereocenters. The molecular weight excluding hydrogens is 376 g/mol. The second kappa shape index (κ2) is 8.97. The Bertz CT molecular complexity index is 795. The molecule has 4 heteroatoms. The van der Waals surface area contributed by atoms with Gasteiger partial charge in [0, 0.05) is 11.1 Å². The van der Waals surface area contributed by atoms with E-state index in [0.29, 0.717) is 0 Å². The molecule has 0 fully saturated rings. The Morgan fingerprint density at radius 1 is 0.607 bits per heavy atom. The molecule has 0 spiro atoms. The summed E-state index contributed by atoms with van der Waals surface area (Å²) in [6.45, 7) is 14.3. The van der Waals surface area contributed by atoms with E-state index in [2.05, 4.69) is 75.7 Å². The summed E-state index contributed by atoms with van der Waals surface area (Å²) in [7, 11) is 0.291. The predicted octanol–water partition coefficient (Wildman–Crippen LogP) is 6.93. The van der Waals surface area contributed by atoms with Crippen molar-refractivity contribution in [3.8, 4) is 11.5 Å². The van der Waals surface area contributed by atoms with E-state index < -0.39 is 16.1 Å². The van der Waals surface area contributed by atoms with E-state index in [4.69, 9.17) is 9.47 Å². The van der Waals surface area contributed by atoms with Crippen LogP contribution in [0.4, 0.5) is 0 Å². The van der Waals surface area contributed by atoms with Crippen molar-refractivity contribution < 1.29 is 9.47 Å². The van der Waals surface area contributed by atoms with Crippen molar-refractivity contribution in [3.63, 3.8) is 0 Å². The lowest BCUT2D eigenvalue weighted by atomic mass is 10.1. The first kappa shape index (κ1) is 22.2. The van der Waals surface area contributed by atoms with Gasteiger partial charge in [0.2, 0.25) is 0 Å². The van der Waals surface area contributed by atoms with E-state index in [-0.39, 0.29) is 0 Å². The highest BCUT2D eigenvalue weighted by molar-refractivity contribution is 6.95. The minimum atomic E-state index is -1.60. The molecule has 0 saturated heterocycles. The standard InChI is InChI=1S/C24H34O2Si2/c1-25-21-15-11-9-13-19(21)23(27(3,4)5)17-18-24(28(6,7)8)20-14-10-12-16-22(20)26-2/h9-18H,1-8H3/b23-17-,24-18-. The minimum Gasteiger partial charge on any atom is -0.496 e. The third kappa shape index (κ3) is 5.27. The smallest absolute Gasteiger partial charge is 0.125 e. The Labute approximate surface area is 172 Å². The van der Waals surface area contributed by atoms with Crippen LogP contribution in [0, 0.1) is 0 Å². The molecule has 0 radical (unpaired) electrons. The van der Waals surface area contributed by atoms with E-state index >= 15 is 0 Å². The Hall–Kier alpha value is -2.05. The Morgan fingerprint density at radius 2 is 0.929 bits per heavy atom. The van der Waals surface area contributed by atoms with Gasteiger partial charge in [-0.25, -0.2) is 0 Å². The second-order valence-corrected chi connectivity index (χ2v) is 19.1. The van der Waals surface area contributed by atoms with Crippen LogP contribution >= 0.6 is 0 Å². The van der Waals surface area contributed by atoms with E-state index in [0.717, 1.165) is 11.5 Å². The van der Waals surface area contributed by atoms with Gasteiger partial charge in [-0.05, 0) is 22.5 Å². The lowest BCUT2D eigenvalue weighted by molar-refractivity contribution is 0.413. The number of para-hydroxylation sites is 2. The van der Waals surface area contributed by atoms with Gasteiger partial charge in [0.25, 0.3) is 0 Å². The van der Waals surface area contributed by atoms with Crippen LogP contribution in [0.1, 0.15) is 11.1 Å². The number of allylic oxidation sites excluding steroid dienone is 2. The fraction of sp³-hybridized carbons (Fsp3) is 0.333. The van der Waals surface area contributed by atoms with Crippen molar-refractivity contribution in [3.05, 3.63) is 71.8 Å². The van der Waals surface area contributed by atoms with Crippen LogP contribution in [0.25, 0.3) is 10.4 Å². The number of rotatable bonds is 7. The minimum absolute atomic E-state index is 0.941. The second-order valence-electron chi connectivity index (χ2n) is 9.06. The van der Waals surface area contributed by atoms with Gasteiger partial charge in [-0.1, -0.05) is 87.8 Å². The first-order chi connectivity index (χ1) is 13.1. The van der Waals surface area contributed by atoms with Gasteiger partial charge >= 0.3 is 0 Å². The third-order valence-electron chi connectivity index (χ3n) is 4.83. The van der Waals surface area contributed by atoms with E-state index in [9.17, 15) is 0 Å². The largest absolute Gasteiger partial charge is 0.496 e. The summed E-state index contributed by atoms with van der Waals surface area (Å²) in [6.07, 6.45) is 4.67. The van der Waals surface area contributed by atoms with Gasteiger partial charge in [0.1, 0.15) is 11.5 Å². The molecule has 150 valence electrons. The van der Waals surface area contributed by atoms with E-state index in [1.54, 1.807) is 14.2 Å². The molecule has 2 nitrogen and oxygen atoms in total. The fourth-order valence-corrected chi connectivity index (χ4v) is 6.58. The quantitative estimate of drug-likeness (QED) is 0.364. The maximum Gasteiger partial charge on any atom is 0.125 e. The van der Waals surface area contributed by atoms with Crippen LogP contribution in [-0.2, 0) is 0 Å². The maximum atomic E-state index is 5.67. The van der Waals surface area contributed by atoms with Crippen LogP contribution in [0.3, 0.4) is 0 Å². The van der Waals surface area contributed by atoms with Gasteiger partial charge in [0.05, 0.1) is 30.4 Å². The molecule has 0 unspecified atom stereocenters. The van der Waals surface area contributed by atoms with Gasteiger partial charge in [-0.3, -0.25) is 0 Å². The summed E-state index contributed by atoms with van der Waals surface area (Å²) in [5.41, 5.74) is 2.41. The van der Waals surface area contributed by atoms with Gasteiger partial charge in [0.15, 0.2) is 0 Å². The lowest BCUT2D eigenvalue weighted by Crippen LogP contribution is -2.24. The monoisotopic (exact) mass is 410 g/mol. The molecule has 0 aliphatic rings. The number of methoxy groups -OCH3 is 2. The van der Waals surface area contributed by atoms with Crippen molar-refractivity contribution in [2.75, 3.05) is 14.2 Å². The fourth-order valence-electron chi connectivity index (χ4n) is 3.39. The highest BCUT2D eigenvalue weighted by atomic mass is 28.3. The summed E-state index contributed by atoms with van der Waals surface area (Å²) >= 11 is 0. The van der Waals surface area contributed by atoms with Crippen molar-refractivity contribution in [1.29, 1.82) is 0 Å². The molecule has 0 aliphatic carbocycles.